The lowest BCUT2D eigenvalue weighted by Crippen LogP contribution is -2.21. The molecule has 2 N–H and O–H groups in total. The molecule has 0 unspecified atom stereocenters. The zero-order valence-electron chi connectivity index (χ0n) is 17.2. The van der Waals surface area contributed by atoms with Gasteiger partial charge < -0.3 is 15.4 Å². The van der Waals surface area contributed by atoms with Gasteiger partial charge in [-0.3, -0.25) is 24.4 Å². The normalized spacial score (nSPS) is 10.4. The summed E-state index contributed by atoms with van der Waals surface area (Å²) < 4.78 is 7.05. The quantitative estimate of drug-likeness (QED) is 0.444. The number of nitrogens with one attached hydrogen (secondary N) is 2. The highest BCUT2D eigenvalue weighted by Gasteiger charge is 2.18. The monoisotopic (exact) mass is 423 g/mol. The first kappa shape index (κ1) is 21.5. The molecule has 0 bridgehead atoms. The van der Waals surface area contributed by atoms with Crippen LogP contribution in [0.5, 0.6) is 5.75 Å². The molecule has 0 aliphatic carbocycles. The Balaban J connectivity index is 1.75. The summed E-state index contributed by atoms with van der Waals surface area (Å²) in [5.74, 6) is -0.699. The Bertz CT molecular complexity index is 1150. The summed E-state index contributed by atoms with van der Waals surface area (Å²) in [4.78, 5) is 35.4. The van der Waals surface area contributed by atoms with Crippen molar-refractivity contribution in [2.24, 2.45) is 7.05 Å². The lowest BCUT2D eigenvalue weighted by Gasteiger charge is -2.09. The lowest BCUT2D eigenvalue weighted by molar-refractivity contribution is -0.386. The number of carbonyl (C=O) groups excluding carboxylic acids is 2. The lowest BCUT2D eigenvalue weighted by atomic mass is 10.1. The Morgan fingerprint density at radius 1 is 1.19 bits per heavy atom. The number of benzene rings is 2. The Kier molecular flexibility index (Phi) is 6.29. The molecule has 0 aliphatic rings. The number of amides is 2. The van der Waals surface area contributed by atoms with Crippen LogP contribution in [0.25, 0.3) is 0 Å². The number of hydrogen-bond acceptors (Lipinski definition) is 6. The first-order chi connectivity index (χ1) is 14.8. The Labute approximate surface area is 178 Å². The van der Waals surface area contributed by atoms with Crippen LogP contribution in [0, 0.1) is 17.0 Å². The van der Waals surface area contributed by atoms with Crippen LogP contribution in [0.2, 0.25) is 0 Å². The third-order valence-electron chi connectivity index (χ3n) is 4.41. The van der Waals surface area contributed by atoms with Gasteiger partial charge in [-0.1, -0.05) is 18.2 Å². The van der Waals surface area contributed by atoms with E-state index in [-0.39, 0.29) is 29.4 Å². The van der Waals surface area contributed by atoms with E-state index in [9.17, 15) is 19.7 Å². The zero-order chi connectivity index (χ0) is 22.5. The van der Waals surface area contributed by atoms with Crippen LogP contribution in [0.3, 0.4) is 0 Å². The summed E-state index contributed by atoms with van der Waals surface area (Å²) in [5.41, 5.74) is 2.01. The second-order valence-corrected chi connectivity index (χ2v) is 6.82. The van der Waals surface area contributed by atoms with E-state index in [4.69, 9.17) is 4.74 Å². The van der Waals surface area contributed by atoms with Crippen molar-refractivity contribution in [3.63, 3.8) is 0 Å². The Morgan fingerprint density at radius 2 is 1.97 bits per heavy atom. The predicted octanol–water partition coefficient (Wildman–Crippen LogP) is 2.83. The summed E-state index contributed by atoms with van der Waals surface area (Å²) in [6.45, 7) is 1.80. The van der Waals surface area contributed by atoms with E-state index < -0.39 is 16.7 Å². The fourth-order valence-electron chi connectivity index (χ4n) is 2.92. The van der Waals surface area contributed by atoms with Crippen LogP contribution in [0.15, 0.2) is 48.7 Å². The molecular formula is C21H21N5O5. The number of ether oxygens (including phenoxy) is 1. The molecule has 1 heterocycles. The molecule has 0 aliphatic heterocycles. The van der Waals surface area contributed by atoms with Gasteiger partial charge in [-0.15, -0.1) is 0 Å². The van der Waals surface area contributed by atoms with Crippen LogP contribution < -0.4 is 15.4 Å². The van der Waals surface area contributed by atoms with Crippen molar-refractivity contribution in [2.45, 2.75) is 13.5 Å². The number of aromatic nitrogens is 2. The third-order valence-corrected chi connectivity index (χ3v) is 4.41. The molecule has 160 valence electrons. The van der Waals surface area contributed by atoms with Crippen LogP contribution in [-0.4, -0.2) is 33.6 Å². The smallest absolute Gasteiger partial charge is 0.311 e. The van der Waals surface area contributed by atoms with E-state index in [2.05, 4.69) is 15.7 Å². The van der Waals surface area contributed by atoms with E-state index in [0.717, 1.165) is 5.56 Å². The number of anilines is 1. The van der Waals surface area contributed by atoms with Crippen molar-refractivity contribution >= 4 is 23.2 Å². The maximum Gasteiger partial charge on any atom is 0.311 e. The zero-order valence-corrected chi connectivity index (χ0v) is 17.2. The summed E-state index contributed by atoms with van der Waals surface area (Å²) in [6.07, 6.45) is 1.53. The van der Waals surface area contributed by atoms with Gasteiger partial charge in [0.2, 0.25) is 0 Å². The molecule has 2 amide bonds. The molecule has 0 spiro atoms. The van der Waals surface area contributed by atoms with Gasteiger partial charge in [0, 0.05) is 31.9 Å². The van der Waals surface area contributed by atoms with Crippen molar-refractivity contribution in [3.05, 3.63) is 81.2 Å². The van der Waals surface area contributed by atoms with Crippen molar-refractivity contribution in [2.75, 3.05) is 12.4 Å². The minimum absolute atomic E-state index is 0.0431. The summed E-state index contributed by atoms with van der Waals surface area (Å²) in [5, 5.41) is 20.4. The van der Waals surface area contributed by atoms with Crippen molar-refractivity contribution in [1.82, 2.24) is 15.1 Å². The number of hydrogen-bond donors (Lipinski definition) is 2. The molecule has 0 fully saturated rings. The van der Waals surface area contributed by atoms with E-state index in [0.29, 0.717) is 11.1 Å². The van der Waals surface area contributed by atoms with Gasteiger partial charge in [0.25, 0.3) is 11.8 Å². The summed E-state index contributed by atoms with van der Waals surface area (Å²) >= 11 is 0. The number of carbonyl (C=O) groups is 2. The number of aryl methyl sites for hydroxylation is 2. The highest BCUT2D eigenvalue weighted by atomic mass is 16.6. The largest absolute Gasteiger partial charge is 0.482 e. The van der Waals surface area contributed by atoms with Crippen LogP contribution >= 0.6 is 0 Å². The van der Waals surface area contributed by atoms with E-state index >= 15 is 0 Å². The Hall–Kier alpha value is -4.21. The second kappa shape index (κ2) is 9.08. The van der Waals surface area contributed by atoms with Crippen LogP contribution in [0.4, 0.5) is 11.4 Å². The predicted molar refractivity (Wildman–Crippen MR) is 113 cm³/mol. The number of nitro benzene ring substituents is 1. The number of nitrogens with zero attached hydrogens (tertiary/aromatic N) is 3. The molecule has 0 saturated carbocycles. The average molecular weight is 423 g/mol. The van der Waals surface area contributed by atoms with Gasteiger partial charge in [0.15, 0.2) is 11.4 Å². The van der Waals surface area contributed by atoms with Crippen molar-refractivity contribution in [1.29, 1.82) is 0 Å². The van der Waals surface area contributed by atoms with E-state index in [1.807, 2.05) is 0 Å². The maximum atomic E-state index is 12.7. The average Bonchev–Trinajstić information content (AvgIpc) is 3.12. The molecule has 10 heteroatoms. The molecule has 2 aromatic carbocycles. The molecule has 0 atom stereocenters. The minimum Gasteiger partial charge on any atom is -0.482 e. The third kappa shape index (κ3) is 5.04. The van der Waals surface area contributed by atoms with Gasteiger partial charge in [0.05, 0.1) is 10.6 Å². The van der Waals surface area contributed by atoms with Crippen molar-refractivity contribution in [3.8, 4) is 5.75 Å². The van der Waals surface area contributed by atoms with Gasteiger partial charge in [-0.05, 0) is 36.2 Å². The first-order valence-corrected chi connectivity index (χ1v) is 9.32. The number of rotatable bonds is 7. The topological polar surface area (TPSA) is 128 Å². The summed E-state index contributed by atoms with van der Waals surface area (Å²) in [6, 6.07) is 11.4. The standard InChI is InChI=1S/C21H21N5O5/c1-13-7-8-18(17(9-13)26(29)30)31-12-14-5-4-6-15(10-14)20(27)23-16-11-25(3)24-19(16)21(28)22-2/h4-11H,12H2,1-3H3,(H,22,28)(H,23,27). The summed E-state index contributed by atoms with van der Waals surface area (Å²) in [7, 11) is 3.12. The molecule has 1 aromatic heterocycles. The molecule has 3 rings (SSSR count). The molecule has 0 saturated heterocycles. The first-order valence-electron chi connectivity index (χ1n) is 9.32. The van der Waals surface area contributed by atoms with Gasteiger partial charge in [-0.2, -0.15) is 5.10 Å². The van der Waals surface area contributed by atoms with Crippen LogP contribution in [0.1, 0.15) is 32.0 Å². The minimum atomic E-state index is -0.496. The second-order valence-electron chi connectivity index (χ2n) is 6.82. The molecule has 31 heavy (non-hydrogen) atoms. The Morgan fingerprint density at radius 3 is 2.68 bits per heavy atom. The van der Waals surface area contributed by atoms with Gasteiger partial charge in [0.1, 0.15) is 6.61 Å². The highest BCUT2D eigenvalue weighted by molar-refractivity contribution is 6.08. The molecule has 3 aromatic rings. The molecule has 0 radical (unpaired) electrons. The van der Waals surface area contributed by atoms with Gasteiger partial charge >= 0.3 is 5.69 Å². The fraction of sp³-hybridized carbons (Fsp3) is 0.190. The van der Waals surface area contributed by atoms with Crippen LogP contribution in [-0.2, 0) is 13.7 Å². The SMILES string of the molecule is CNC(=O)c1nn(C)cc1NC(=O)c1cccc(COc2ccc(C)cc2[N+](=O)[O-])c1. The molecular weight excluding hydrogens is 402 g/mol. The van der Waals surface area contributed by atoms with Gasteiger partial charge in [-0.25, -0.2) is 0 Å². The maximum absolute atomic E-state index is 12.7. The van der Waals surface area contributed by atoms with E-state index in [1.54, 1.807) is 50.4 Å². The fourth-order valence-corrected chi connectivity index (χ4v) is 2.92. The van der Waals surface area contributed by atoms with E-state index in [1.165, 1.54) is 24.0 Å². The highest BCUT2D eigenvalue weighted by Crippen LogP contribution is 2.28. The number of nitro groups is 1. The van der Waals surface area contributed by atoms with Crippen molar-refractivity contribution < 1.29 is 19.2 Å². The molecule has 10 nitrogen and oxygen atoms in total.